The van der Waals surface area contributed by atoms with E-state index < -0.39 is 5.60 Å². The van der Waals surface area contributed by atoms with Crippen molar-refractivity contribution in [1.29, 1.82) is 0 Å². The van der Waals surface area contributed by atoms with Gasteiger partial charge in [-0.05, 0) is 41.5 Å². The van der Waals surface area contributed by atoms with E-state index in [4.69, 9.17) is 4.74 Å². The lowest BCUT2D eigenvalue weighted by Crippen LogP contribution is -2.48. The first-order valence-electron chi connectivity index (χ1n) is 5.96. The van der Waals surface area contributed by atoms with Crippen molar-refractivity contribution in [3.05, 3.63) is 12.2 Å². The summed E-state index contributed by atoms with van der Waals surface area (Å²) >= 11 is 1.78. The zero-order chi connectivity index (χ0) is 13.3. The summed E-state index contributed by atoms with van der Waals surface area (Å²) in [5.74, 6) is 0.927. The van der Waals surface area contributed by atoms with Crippen LogP contribution in [-0.2, 0) is 4.74 Å². The summed E-state index contributed by atoms with van der Waals surface area (Å²) in [5.41, 5.74) is -0.444. The van der Waals surface area contributed by atoms with Gasteiger partial charge in [-0.2, -0.15) is 0 Å². The number of hydrogen-bond acceptors (Lipinski definition) is 3. The van der Waals surface area contributed by atoms with Crippen LogP contribution in [0.15, 0.2) is 12.2 Å². The summed E-state index contributed by atoms with van der Waals surface area (Å²) in [6.45, 7) is 11.8. The predicted molar refractivity (Wildman–Crippen MR) is 73.2 cm³/mol. The van der Waals surface area contributed by atoms with Gasteiger partial charge in [-0.3, -0.25) is 4.90 Å². The average molecular weight is 257 g/mol. The number of rotatable bonds is 1. The minimum Gasteiger partial charge on any atom is -0.444 e. The van der Waals surface area contributed by atoms with Crippen molar-refractivity contribution >= 4 is 17.9 Å². The number of ether oxygens (including phenoxy) is 1. The molecule has 1 saturated heterocycles. The third-order valence-electron chi connectivity index (χ3n) is 2.52. The fraction of sp³-hybridized carbons (Fsp3) is 0.769. The zero-order valence-electron chi connectivity index (χ0n) is 11.6. The largest absolute Gasteiger partial charge is 0.444 e. The Kier molecular flexibility index (Phi) is 4.18. The van der Waals surface area contributed by atoms with E-state index in [2.05, 4.69) is 19.9 Å². The van der Waals surface area contributed by atoms with E-state index in [0.717, 1.165) is 5.75 Å². The summed E-state index contributed by atoms with van der Waals surface area (Å²) in [7, 11) is 0. The predicted octanol–water partition coefficient (Wildman–Crippen LogP) is 3.65. The van der Waals surface area contributed by atoms with Crippen LogP contribution in [0.4, 0.5) is 4.79 Å². The number of nitrogens with zero attached hydrogens (tertiary/aromatic N) is 1. The smallest absolute Gasteiger partial charge is 0.411 e. The molecule has 1 aliphatic heterocycles. The highest BCUT2D eigenvalue weighted by molar-refractivity contribution is 8.00. The molecule has 0 aliphatic carbocycles. The van der Waals surface area contributed by atoms with Gasteiger partial charge in [0.05, 0.1) is 10.9 Å². The Bertz CT molecular complexity index is 318. The van der Waals surface area contributed by atoms with Crippen molar-refractivity contribution in [2.45, 2.75) is 58.1 Å². The van der Waals surface area contributed by atoms with Crippen molar-refractivity contribution in [3.8, 4) is 0 Å². The van der Waals surface area contributed by atoms with Crippen molar-refractivity contribution in [2.24, 2.45) is 0 Å². The Labute approximate surface area is 109 Å². The molecular weight excluding hydrogens is 234 g/mol. The van der Waals surface area contributed by atoms with E-state index in [1.54, 1.807) is 11.8 Å². The topological polar surface area (TPSA) is 29.5 Å². The molecule has 3 nitrogen and oxygen atoms in total. The van der Waals surface area contributed by atoms with Crippen LogP contribution < -0.4 is 0 Å². The lowest BCUT2D eigenvalue weighted by molar-refractivity contribution is 0.0138. The van der Waals surface area contributed by atoms with Crippen LogP contribution in [-0.4, -0.2) is 33.3 Å². The molecule has 4 heteroatoms. The number of carbonyl (C=O) groups is 1. The molecule has 0 N–H and O–H groups in total. The van der Waals surface area contributed by atoms with E-state index in [9.17, 15) is 4.79 Å². The first kappa shape index (κ1) is 14.4. The van der Waals surface area contributed by atoms with Crippen LogP contribution in [0, 0.1) is 0 Å². The molecule has 1 aliphatic rings. The Morgan fingerprint density at radius 1 is 1.47 bits per heavy atom. The first-order valence-corrected chi connectivity index (χ1v) is 6.95. The molecule has 0 unspecified atom stereocenters. The molecule has 0 saturated carbocycles. The molecule has 1 rings (SSSR count). The third kappa shape index (κ3) is 3.66. The minimum atomic E-state index is -0.444. The van der Waals surface area contributed by atoms with E-state index in [-0.39, 0.29) is 17.0 Å². The fourth-order valence-electron chi connectivity index (χ4n) is 1.86. The molecule has 0 aromatic rings. The van der Waals surface area contributed by atoms with Crippen molar-refractivity contribution in [2.75, 3.05) is 5.75 Å². The summed E-state index contributed by atoms with van der Waals surface area (Å²) in [4.78, 5) is 13.9. The first-order chi connectivity index (χ1) is 7.67. The summed E-state index contributed by atoms with van der Waals surface area (Å²) in [5, 5.41) is 0. The number of allylic oxidation sites excluding steroid dienone is 1. The van der Waals surface area contributed by atoms with Gasteiger partial charge in [-0.25, -0.2) is 4.79 Å². The van der Waals surface area contributed by atoms with Crippen molar-refractivity contribution in [3.63, 3.8) is 0 Å². The number of hydrogen-bond donors (Lipinski definition) is 0. The van der Waals surface area contributed by atoms with Gasteiger partial charge < -0.3 is 4.74 Å². The van der Waals surface area contributed by atoms with E-state index >= 15 is 0 Å². The summed E-state index contributed by atoms with van der Waals surface area (Å²) < 4.78 is 5.47. The van der Waals surface area contributed by atoms with Gasteiger partial charge in [0.15, 0.2) is 0 Å². The van der Waals surface area contributed by atoms with Crippen LogP contribution >= 0.6 is 11.8 Å². The maximum atomic E-state index is 12.2. The maximum Gasteiger partial charge on any atom is 0.411 e. The molecule has 0 spiro atoms. The highest BCUT2D eigenvalue weighted by Gasteiger charge is 2.43. The molecule has 0 radical (unpaired) electrons. The Balaban J connectivity index is 2.86. The monoisotopic (exact) mass is 257 g/mol. The molecule has 17 heavy (non-hydrogen) atoms. The molecular formula is C13H23NO2S. The minimum absolute atomic E-state index is 0.134. The molecule has 1 atom stereocenters. The van der Waals surface area contributed by atoms with Gasteiger partial charge in [-0.1, -0.05) is 12.2 Å². The maximum absolute atomic E-state index is 12.2. The Morgan fingerprint density at radius 2 is 2.06 bits per heavy atom. The summed E-state index contributed by atoms with van der Waals surface area (Å²) in [6, 6.07) is 0.134. The molecule has 0 bridgehead atoms. The average Bonchev–Trinajstić information content (AvgIpc) is 2.39. The number of carbonyl (C=O) groups excluding carboxylic acids is 1. The third-order valence-corrected chi connectivity index (χ3v) is 3.94. The lowest BCUT2D eigenvalue weighted by Gasteiger charge is -2.35. The van der Waals surface area contributed by atoms with Gasteiger partial charge in [0, 0.05) is 5.75 Å². The van der Waals surface area contributed by atoms with Crippen LogP contribution in [0.3, 0.4) is 0 Å². The molecule has 1 amide bonds. The zero-order valence-corrected chi connectivity index (χ0v) is 12.4. The van der Waals surface area contributed by atoms with E-state index in [0.29, 0.717) is 0 Å². The Hall–Kier alpha value is -0.640. The molecule has 1 heterocycles. The van der Waals surface area contributed by atoms with E-state index in [1.165, 1.54) is 0 Å². The molecule has 98 valence electrons. The Morgan fingerprint density at radius 3 is 2.53 bits per heavy atom. The second kappa shape index (κ2) is 4.92. The number of amides is 1. The molecule has 0 aromatic carbocycles. The lowest BCUT2D eigenvalue weighted by atomic mass is 10.2. The SMILES string of the molecule is C/C=C\[C@@H]1CSC(C)(C)N1C(=O)OC(C)(C)C. The van der Waals surface area contributed by atoms with Gasteiger partial charge >= 0.3 is 6.09 Å². The van der Waals surface area contributed by atoms with Gasteiger partial charge in [-0.15, -0.1) is 11.8 Å². The highest BCUT2D eigenvalue weighted by Crippen LogP contribution is 2.40. The highest BCUT2D eigenvalue weighted by atomic mass is 32.2. The molecule has 1 fully saturated rings. The van der Waals surface area contributed by atoms with Crippen LogP contribution in [0.5, 0.6) is 0 Å². The normalized spacial score (nSPS) is 24.4. The second-order valence-electron chi connectivity index (χ2n) is 5.70. The van der Waals surface area contributed by atoms with Crippen LogP contribution in [0.2, 0.25) is 0 Å². The van der Waals surface area contributed by atoms with Crippen LogP contribution in [0.25, 0.3) is 0 Å². The van der Waals surface area contributed by atoms with Crippen LogP contribution in [0.1, 0.15) is 41.5 Å². The van der Waals surface area contributed by atoms with Gasteiger partial charge in [0.25, 0.3) is 0 Å². The molecule has 0 aromatic heterocycles. The fourth-order valence-corrected chi connectivity index (χ4v) is 3.05. The second-order valence-corrected chi connectivity index (χ2v) is 7.32. The van der Waals surface area contributed by atoms with Gasteiger partial charge in [0.1, 0.15) is 5.60 Å². The standard InChI is InChI=1S/C13H23NO2S/c1-7-8-10-9-17-13(5,6)14(10)11(15)16-12(2,3)4/h7-8,10H,9H2,1-6H3/b8-7-/t10-/m1/s1. The number of thioether (sulfide) groups is 1. The summed E-state index contributed by atoms with van der Waals surface area (Å²) in [6.07, 6.45) is 3.82. The van der Waals surface area contributed by atoms with Crippen molar-refractivity contribution in [1.82, 2.24) is 4.90 Å². The van der Waals surface area contributed by atoms with Gasteiger partial charge in [0.2, 0.25) is 0 Å². The van der Waals surface area contributed by atoms with E-state index in [1.807, 2.05) is 38.7 Å². The van der Waals surface area contributed by atoms with Crippen molar-refractivity contribution < 1.29 is 9.53 Å². The quantitative estimate of drug-likeness (QED) is 0.672.